The average Bonchev–Trinajstić information content (AvgIpc) is 2.93. The number of carbonyl (C=O) groups excluding carboxylic acids is 3. The first-order valence-electron chi connectivity index (χ1n) is 8.91. The molecule has 0 aromatic heterocycles. The second-order valence-electron chi connectivity index (χ2n) is 7.21. The van der Waals surface area contributed by atoms with Gasteiger partial charge in [-0.2, -0.15) is 0 Å². The van der Waals surface area contributed by atoms with Crippen molar-refractivity contribution in [2.45, 2.75) is 32.4 Å². The molecule has 3 rings (SSSR count). The number of hydrogen-bond donors (Lipinski definition) is 2. The first kappa shape index (κ1) is 18.9. The van der Waals surface area contributed by atoms with Gasteiger partial charge in [0.2, 0.25) is 0 Å². The summed E-state index contributed by atoms with van der Waals surface area (Å²) in [5.41, 5.74) is 0.632. The maximum atomic E-state index is 13.2. The third-order valence-electron chi connectivity index (χ3n) is 4.74. The van der Waals surface area contributed by atoms with Crippen molar-refractivity contribution in [1.29, 1.82) is 0 Å². The van der Waals surface area contributed by atoms with Gasteiger partial charge in [0.25, 0.3) is 11.8 Å². The average molecular weight is 374 g/mol. The molecule has 2 atom stereocenters. The highest BCUT2D eigenvalue weighted by Crippen LogP contribution is 2.29. The van der Waals surface area contributed by atoms with Crippen LogP contribution in [0.4, 0.5) is 14.9 Å². The molecule has 0 spiro atoms. The summed E-state index contributed by atoms with van der Waals surface area (Å²) < 4.78 is 13.2. The van der Waals surface area contributed by atoms with Gasteiger partial charge >= 0.3 is 6.03 Å². The fourth-order valence-electron chi connectivity index (χ4n) is 3.30. The largest absolute Gasteiger partial charge is 0.366 e. The number of anilines is 1. The van der Waals surface area contributed by atoms with Crippen LogP contribution >= 0.6 is 0 Å². The highest BCUT2D eigenvalue weighted by Gasteiger charge is 2.49. The van der Waals surface area contributed by atoms with Crippen LogP contribution in [-0.4, -0.2) is 48.4 Å². The minimum absolute atomic E-state index is 0.278. The zero-order valence-corrected chi connectivity index (χ0v) is 15.5. The number of urea groups is 1. The van der Waals surface area contributed by atoms with Gasteiger partial charge in [-0.3, -0.25) is 9.59 Å². The summed E-state index contributed by atoms with van der Waals surface area (Å²) >= 11 is 0. The molecule has 2 heterocycles. The van der Waals surface area contributed by atoms with E-state index in [-0.39, 0.29) is 11.6 Å². The highest BCUT2D eigenvalue weighted by molar-refractivity contribution is 6.19. The molecule has 1 fully saturated rings. The van der Waals surface area contributed by atoms with E-state index in [9.17, 15) is 18.8 Å². The molecule has 2 aliphatic heterocycles. The summed E-state index contributed by atoms with van der Waals surface area (Å²) in [6.45, 7) is 4.66. The Morgan fingerprint density at radius 2 is 1.93 bits per heavy atom. The molecule has 2 unspecified atom stereocenters. The van der Waals surface area contributed by atoms with E-state index in [1.807, 2.05) is 0 Å². The molecule has 0 bridgehead atoms. The van der Waals surface area contributed by atoms with E-state index in [0.29, 0.717) is 18.0 Å². The molecule has 2 aliphatic rings. The fourth-order valence-corrected chi connectivity index (χ4v) is 3.30. The second kappa shape index (κ2) is 7.38. The van der Waals surface area contributed by atoms with Gasteiger partial charge in [0.05, 0.1) is 17.3 Å². The van der Waals surface area contributed by atoms with Crippen LogP contribution in [0.15, 0.2) is 36.0 Å². The lowest BCUT2D eigenvalue weighted by molar-refractivity contribution is -0.122. The van der Waals surface area contributed by atoms with Crippen LogP contribution in [0, 0.1) is 11.7 Å². The number of imide groups is 1. The van der Waals surface area contributed by atoms with E-state index in [1.54, 1.807) is 18.1 Å². The monoisotopic (exact) mass is 374 g/mol. The van der Waals surface area contributed by atoms with E-state index < -0.39 is 29.8 Å². The Hall–Kier alpha value is -2.90. The minimum Gasteiger partial charge on any atom is -0.366 e. The number of carbonyl (C=O) groups is 3. The topological polar surface area (TPSA) is 81.8 Å². The zero-order chi connectivity index (χ0) is 19.7. The van der Waals surface area contributed by atoms with Crippen LogP contribution in [0.2, 0.25) is 0 Å². The second-order valence-corrected chi connectivity index (χ2v) is 7.21. The van der Waals surface area contributed by atoms with Crippen molar-refractivity contribution in [3.8, 4) is 0 Å². The van der Waals surface area contributed by atoms with Crippen molar-refractivity contribution in [2.24, 2.45) is 5.92 Å². The van der Waals surface area contributed by atoms with Crippen molar-refractivity contribution in [1.82, 2.24) is 15.5 Å². The molecule has 4 amide bonds. The summed E-state index contributed by atoms with van der Waals surface area (Å²) in [6, 6.07) is 3.04. The van der Waals surface area contributed by atoms with E-state index in [1.165, 1.54) is 24.3 Å². The Kier molecular flexibility index (Phi) is 5.16. The number of likely N-dealkylation sites (N-methyl/N-ethyl adjacent to an activating group) is 1. The number of nitrogens with one attached hydrogen (secondary N) is 2. The number of benzene rings is 1. The highest BCUT2D eigenvalue weighted by atomic mass is 19.1. The van der Waals surface area contributed by atoms with Crippen LogP contribution in [0.1, 0.15) is 20.3 Å². The van der Waals surface area contributed by atoms with Crippen LogP contribution in [0.25, 0.3) is 0 Å². The Labute approximate surface area is 157 Å². The molecule has 1 aromatic rings. The van der Waals surface area contributed by atoms with Gasteiger partial charge in [-0.1, -0.05) is 13.8 Å². The van der Waals surface area contributed by atoms with Gasteiger partial charge in [-0.15, -0.1) is 0 Å². The molecular weight excluding hydrogens is 351 g/mol. The Morgan fingerprint density at radius 1 is 1.26 bits per heavy atom. The van der Waals surface area contributed by atoms with E-state index in [0.717, 1.165) is 11.3 Å². The molecule has 7 nitrogen and oxygen atoms in total. The normalized spacial score (nSPS) is 21.9. The Bertz CT molecular complexity index is 791. The maximum Gasteiger partial charge on any atom is 0.329 e. The van der Waals surface area contributed by atoms with Gasteiger partial charge in [0.15, 0.2) is 0 Å². The van der Waals surface area contributed by atoms with E-state index in [2.05, 4.69) is 24.5 Å². The van der Waals surface area contributed by atoms with Crippen molar-refractivity contribution in [3.05, 3.63) is 41.9 Å². The van der Waals surface area contributed by atoms with Crippen molar-refractivity contribution < 1.29 is 18.8 Å². The quantitative estimate of drug-likeness (QED) is 0.821. The molecule has 1 aromatic carbocycles. The molecule has 0 aliphatic carbocycles. The standard InChI is InChI=1S/C19H23FN4O3/c1-11(2)8-9-21-17(25)14-10-23(3)16-15(14)22-19(27)24(18(16)26)13-6-4-12(20)5-7-13/h4-7,10-11,15-16H,8-9H2,1-3H3,(H,21,25)(H,22,27). The van der Waals surface area contributed by atoms with Gasteiger partial charge in [0.1, 0.15) is 11.9 Å². The molecular formula is C19H23FN4O3. The molecule has 27 heavy (non-hydrogen) atoms. The number of hydrogen-bond acceptors (Lipinski definition) is 4. The zero-order valence-electron chi connectivity index (χ0n) is 15.5. The van der Waals surface area contributed by atoms with Crippen molar-refractivity contribution in [3.63, 3.8) is 0 Å². The lowest BCUT2D eigenvalue weighted by atomic mass is 9.99. The molecule has 144 valence electrons. The third kappa shape index (κ3) is 3.65. The molecule has 8 heteroatoms. The number of halogens is 1. The Balaban J connectivity index is 1.77. The Morgan fingerprint density at radius 3 is 2.56 bits per heavy atom. The first-order valence-corrected chi connectivity index (χ1v) is 8.91. The number of amides is 4. The number of nitrogens with zero attached hydrogens (tertiary/aromatic N) is 2. The van der Waals surface area contributed by atoms with Gasteiger partial charge in [-0.05, 0) is 36.6 Å². The molecule has 0 saturated carbocycles. The van der Waals surface area contributed by atoms with Crippen LogP contribution in [-0.2, 0) is 9.59 Å². The summed E-state index contributed by atoms with van der Waals surface area (Å²) in [6.07, 6.45) is 2.43. The first-order chi connectivity index (χ1) is 12.8. The molecule has 0 radical (unpaired) electrons. The van der Waals surface area contributed by atoms with Gasteiger partial charge in [-0.25, -0.2) is 14.1 Å². The van der Waals surface area contributed by atoms with Crippen molar-refractivity contribution in [2.75, 3.05) is 18.5 Å². The van der Waals surface area contributed by atoms with Crippen LogP contribution in [0.5, 0.6) is 0 Å². The van der Waals surface area contributed by atoms with E-state index >= 15 is 0 Å². The maximum absolute atomic E-state index is 13.2. The predicted molar refractivity (Wildman–Crippen MR) is 98.3 cm³/mol. The van der Waals surface area contributed by atoms with Crippen molar-refractivity contribution >= 4 is 23.5 Å². The smallest absolute Gasteiger partial charge is 0.329 e. The number of rotatable bonds is 5. The predicted octanol–water partition coefficient (Wildman–Crippen LogP) is 1.61. The molecule has 2 N–H and O–H groups in total. The minimum atomic E-state index is -0.724. The summed E-state index contributed by atoms with van der Waals surface area (Å²) in [5.74, 6) is -0.752. The lowest BCUT2D eigenvalue weighted by Gasteiger charge is -2.37. The third-order valence-corrected chi connectivity index (χ3v) is 4.74. The summed E-state index contributed by atoms with van der Waals surface area (Å²) in [4.78, 5) is 40.6. The number of fused-ring (bicyclic) bond motifs is 1. The SMILES string of the molecule is CC(C)CCNC(=O)C1=CN(C)C2C(=O)N(c3ccc(F)cc3)C(=O)NC12. The summed E-state index contributed by atoms with van der Waals surface area (Å²) in [7, 11) is 1.68. The summed E-state index contributed by atoms with van der Waals surface area (Å²) in [5, 5.41) is 5.57. The fraction of sp³-hybridized carbons (Fsp3) is 0.421. The van der Waals surface area contributed by atoms with Gasteiger partial charge in [0, 0.05) is 19.8 Å². The lowest BCUT2D eigenvalue weighted by Crippen LogP contribution is -2.65. The molecule has 1 saturated heterocycles. The van der Waals surface area contributed by atoms with Crippen LogP contribution in [0.3, 0.4) is 0 Å². The van der Waals surface area contributed by atoms with Gasteiger partial charge < -0.3 is 15.5 Å². The van der Waals surface area contributed by atoms with Crippen LogP contribution < -0.4 is 15.5 Å². The van der Waals surface area contributed by atoms with E-state index in [4.69, 9.17) is 0 Å².